The van der Waals surface area contributed by atoms with Gasteiger partial charge in [0.1, 0.15) is 12.2 Å². The lowest BCUT2D eigenvalue weighted by Gasteiger charge is -2.34. The Labute approximate surface area is 189 Å². The fraction of sp³-hybridized carbons (Fsp3) is 0.500. The number of carbonyl (C=O) groups is 1. The Kier molecular flexibility index (Phi) is 5.28. The van der Waals surface area contributed by atoms with Gasteiger partial charge in [0.2, 0.25) is 0 Å². The lowest BCUT2D eigenvalue weighted by atomic mass is 9.69. The van der Waals surface area contributed by atoms with E-state index in [0.29, 0.717) is 6.42 Å². The highest BCUT2D eigenvalue weighted by molar-refractivity contribution is 5.68. The number of nitrogens with zero attached hydrogens (tertiary/aromatic N) is 1. The summed E-state index contributed by atoms with van der Waals surface area (Å²) in [7, 11) is 3.86. The van der Waals surface area contributed by atoms with E-state index >= 15 is 0 Å². The van der Waals surface area contributed by atoms with Crippen LogP contribution in [0.5, 0.6) is 11.5 Å². The average Bonchev–Trinajstić information content (AvgIpc) is 3.18. The first-order chi connectivity index (χ1) is 15.4. The molecule has 5 rings (SSSR count). The fourth-order valence-electron chi connectivity index (χ4n) is 6.04. The highest BCUT2D eigenvalue weighted by Gasteiger charge is 2.62. The maximum atomic E-state index is 12.8. The van der Waals surface area contributed by atoms with Gasteiger partial charge < -0.3 is 24.4 Å². The van der Waals surface area contributed by atoms with Gasteiger partial charge in [0.05, 0.1) is 13.2 Å². The van der Waals surface area contributed by atoms with Gasteiger partial charge >= 0.3 is 6.09 Å². The van der Waals surface area contributed by atoms with E-state index in [1.807, 2.05) is 43.3 Å². The number of methoxy groups -OCH3 is 1. The van der Waals surface area contributed by atoms with Gasteiger partial charge in [-0.1, -0.05) is 43.3 Å². The molecule has 0 bridgehead atoms. The number of alkyl carbamates (subject to hydrolysis) is 1. The predicted octanol–water partition coefficient (Wildman–Crippen LogP) is 4.43. The summed E-state index contributed by atoms with van der Waals surface area (Å²) in [6, 6.07) is 14.0. The van der Waals surface area contributed by atoms with E-state index < -0.39 is 0 Å². The third-order valence-corrected chi connectivity index (χ3v) is 7.78. The lowest BCUT2D eigenvalue weighted by Crippen LogP contribution is -2.41. The molecule has 0 saturated heterocycles. The van der Waals surface area contributed by atoms with Crippen molar-refractivity contribution in [2.24, 2.45) is 5.92 Å². The van der Waals surface area contributed by atoms with Crippen molar-refractivity contribution in [3.05, 3.63) is 59.2 Å². The zero-order chi connectivity index (χ0) is 22.5. The van der Waals surface area contributed by atoms with Crippen molar-refractivity contribution in [2.45, 2.75) is 56.9 Å². The Morgan fingerprint density at radius 2 is 2.03 bits per heavy atom. The number of nitrogens with one attached hydrogen (secondary N) is 1. The van der Waals surface area contributed by atoms with Gasteiger partial charge in [-0.15, -0.1) is 0 Å². The molecule has 1 spiro atoms. The fourth-order valence-corrected chi connectivity index (χ4v) is 6.04. The molecule has 6 nitrogen and oxygen atoms in total. The van der Waals surface area contributed by atoms with Crippen molar-refractivity contribution in [1.29, 1.82) is 0 Å². The Balaban J connectivity index is 1.39. The second kappa shape index (κ2) is 8.00. The van der Waals surface area contributed by atoms with E-state index in [9.17, 15) is 4.79 Å². The molecule has 1 amide bonds. The van der Waals surface area contributed by atoms with E-state index in [1.54, 1.807) is 7.11 Å². The first-order valence-electron chi connectivity index (χ1n) is 11.5. The van der Waals surface area contributed by atoms with Crippen molar-refractivity contribution in [2.75, 3.05) is 20.7 Å². The maximum Gasteiger partial charge on any atom is 0.407 e. The number of amides is 1. The minimum absolute atomic E-state index is 0.0154. The number of ether oxygens (including phenoxy) is 3. The minimum Gasteiger partial charge on any atom is -0.493 e. The molecule has 5 atom stereocenters. The van der Waals surface area contributed by atoms with Crippen LogP contribution < -0.4 is 14.8 Å². The molecule has 2 aliphatic heterocycles. The van der Waals surface area contributed by atoms with E-state index in [-0.39, 0.29) is 35.7 Å². The van der Waals surface area contributed by atoms with E-state index in [0.717, 1.165) is 36.6 Å². The molecule has 0 aromatic heterocycles. The number of benzene rings is 2. The van der Waals surface area contributed by atoms with Crippen molar-refractivity contribution in [3.8, 4) is 11.5 Å². The van der Waals surface area contributed by atoms with Gasteiger partial charge in [0.25, 0.3) is 0 Å². The second-order valence-corrected chi connectivity index (χ2v) is 9.51. The molecule has 170 valence electrons. The van der Waals surface area contributed by atoms with Gasteiger partial charge in [-0.3, -0.25) is 0 Å². The van der Waals surface area contributed by atoms with Crippen molar-refractivity contribution in [3.63, 3.8) is 0 Å². The van der Waals surface area contributed by atoms with Gasteiger partial charge in [-0.25, -0.2) is 4.79 Å². The topological polar surface area (TPSA) is 60.0 Å². The van der Waals surface area contributed by atoms with E-state index in [2.05, 4.69) is 30.3 Å². The third-order valence-electron chi connectivity index (χ3n) is 7.78. The van der Waals surface area contributed by atoms with Crippen LogP contribution in [-0.4, -0.2) is 43.9 Å². The Morgan fingerprint density at radius 3 is 2.78 bits per heavy atom. The summed E-state index contributed by atoms with van der Waals surface area (Å²) >= 11 is 0. The first kappa shape index (κ1) is 21.1. The number of hydrogen-bond donors (Lipinski definition) is 1. The van der Waals surface area contributed by atoms with Gasteiger partial charge in [-0.05, 0) is 44.1 Å². The van der Waals surface area contributed by atoms with Crippen molar-refractivity contribution in [1.82, 2.24) is 10.2 Å². The predicted molar refractivity (Wildman–Crippen MR) is 122 cm³/mol. The van der Waals surface area contributed by atoms with Gasteiger partial charge in [0, 0.05) is 29.9 Å². The summed E-state index contributed by atoms with van der Waals surface area (Å²) in [5.41, 5.74) is 3.45. The van der Waals surface area contributed by atoms with Crippen LogP contribution in [0.4, 0.5) is 4.79 Å². The summed E-state index contributed by atoms with van der Waals surface area (Å²) < 4.78 is 18.2. The molecule has 1 saturated carbocycles. The smallest absolute Gasteiger partial charge is 0.407 e. The van der Waals surface area contributed by atoms with Crippen LogP contribution in [0.3, 0.4) is 0 Å². The van der Waals surface area contributed by atoms with Gasteiger partial charge in [-0.2, -0.15) is 0 Å². The molecule has 1 N–H and O–H groups in total. The monoisotopic (exact) mass is 436 g/mol. The quantitative estimate of drug-likeness (QED) is 0.769. The zero-order valence-corrected chi connectivity index (χ0v) is 19.3. The second-order valence-electron chi connectivity index (χ2n) is 9.51. The molecule has 1 aliphatic carbocycles. The summed E-state index contributed by atoms with van der Waals surface area (Å²) in [6.45, 7) is 6.05. The van der Waals surface area contributed by atoms with Gasteiger partial charge in [0.15, 0.2) is 11.5 Å². The molecule has 2 heterocycles. The zero-order valence-electron chi connectivity index (χ0n) is 19.3. The molecule has 2 aromatic rings. The molecule has 3 aliphatic rings. The number of carbonyl (C=O) groups excluding carboxylic acids is 1. The molecule has 2 aromatic carbocycles. The van der Waals surface area contributed by atoms with Crippen LogP contribution in [0.1, 0.15) is 49.4 Å². The Bertz CT molecular complexity index is 1010. The molecule has 32 heavy (non-hydrogen) atoms. The largest absolute Gasteiger partial charge is 0.493 e. The summed E-state index contributed by atoms with van der Waals surface area (Å²) in [6.07, 6.45) is 1.09. The summed E-state index contributed by atoms with van der Waals surface area (Å²) in [4.78, 5) is 15.1. The van der Waals surface area contributed by atoms with Crippen LogP contribution in [-0.2, 0) is 16.7 Å². The lowest BCUT2D eigenvalue weighted by molar-refractivity contribution is 0.0652. The van der Waals surface area contributed by atoms with Crippen LogP contribution in [0.2, 0.25) is 0 Å². The standard InChI is InChI=1S/C26H32N2O4/c1-16-21(31-25(29)27-17(2)18-8-6-5-7-9-18)14-22-26(16)12-13-28(3)15-19-10-11-20(30-4)24(32-22)23(19)26/h5-11,16-17,21-22H,12-15H2,1-4H3,(H,27,29)/t16?,17-,21+,22-,26+/m1/s1. The summed E-state index contributed by atoms with van der Waals surface area (Å²) in [5.74, 6) is 1.82. The maximum absolute atomic E-state index is 12.8. The molecule has 6 heteroatoms. The molecule has 0 radical (unpaired) electrons. The Morgan fingerprint density at radius 1 is 1.25 bits per heavy atom. The van der Waals surface area contributed by atoms with E-state index in [1.165, 1.54) is 11.1 Å². The first-order valence-corrected chi connectivity index (χ1v) is 11.5. The minimum atomic E-state index is -0.369. The van der Waals surface area contributed by atoms with Crippen LogP contribution in [0.25, 0.3) is 0 Å². The number of hydrogen-bond acceptors (Lipinski definition) is 5. The summed E-state index contributed by atoms with van der Waals surface area (Å²) in [5, 5.41) is 2.99. The third kappa shape index (κ3) is 3.24. The van der Waals surface area contributed by atoms with Crippen LogP contribution in [0.15, 0.2) is 42.5 Å². The highest BCUT2D eigenvalue weighted by atomic mass is 16.6. The average molecular weight is 437 g/mol. The number of rotatable bonds is 4. The van der Waals surface area contributed by atoms with Crippen molar-refractivity contribution < 1.29 is 19.0 Å². The molecule has 1 fully saturated rings. The molecule has 1 unspecified atom stereocenters. The molecular weight excluding hydrogens is 404 g/mol. The Hall–Kier alpha value is -2.73. The SMILES string of the molecule is COc1ccc2c3c1O[C@@H]1C[C@H](OC(=O)N[C@H](C)c4ccccc4)C(C)[C@]31CCN(C)C2. The van der Waals surface area contributed by atoms with Crippen LogP contribution in [0, 0.1) is 5.92 Å². The highest BCUT2D eigenvalue weighted by Crippen LogP contribution is 2.61. The van der Waals surface area contributed by atoms with Crippen molar-refractivity contribution >= 4 is 6.09 Å². The molecular formula is C26H32N2O4. The van der Waals surface area contributed by atoms with Crippen LogP contribution >= 0.6 is 0 Å². The normalized spacial score (nSPS) is 29.3. The van der Waals surface area contributed by atoms with E-state index in [4.69, 9.17) is 14.2 Å².